The first-order valence-corrected chi connectivity index (χ1v) is 11.6. The number of fused-ring (bicyclic) bond motifs is 1. The van der Waals surface area contributed by atoms with Gasteiger partial charge in [0.1, 0.15) is 21.4 Å². The van der Waals surface area contributed by atoms with Gasteiger partial charge in [-0.3, -0.25) is 5.41 Å². The van der Waals surface area contributed by atoms with E-state index in [-0.39, 0.29) is 11.1 Å². The van der Waals surface area contributed by atoms with Crippen molar-refractivity contribution >= 4 is 62.5 Å². The van der Waals surface area contributed by atoms with Crippen LogP contribution in [0.4, 0.5) is 10.5 Å². The van der Waals surface area contributed by atoms with Crippen molar-refractivity contribution in [3.63, 3.8) is 0 Å². The van der Waals surface area contributed by atoms with Gasteiger partial charge in [0, 0.05) is 28.8 Å². The Balaban J connectivity index is 1.58. The van der Waals surface area contributed by atoms with Crippen molar-refractivity contribution in [2.45, 2.75) is 6.54 Å². The lowest BCUT2D eigenvalue weighted by molar-refractivity contribution is 0.252. The summed E-state index contributed by atoms with van der Waals surface area (Å²) < 4.78 is 0. The molecule has 0 atom stereocenters. The largest absolute Gasteiger partial charge is 0.334 e. The van der Waals surface area contributed by atoms with Crippen molar-refractivity contribution in [1.82, 2.24) is 20.3 Å². The van der Waals surface area contributed by atoms with E-state index in [2.05, 4.69) is 32.2 Å². The number of hydrogen-bond donors (Lipinski definition) is 3. The van der Waals surface area contributed by atoms with Gasteiger partial charge >= 0.3 is 6.03 Å². The number of carbonyl (C=O) groups excluding carboxylic acids is 1. The first-order chi connectivity index (χ1) is 15.5. The summed E-state index contributed by atoms with van der Waals surface area (Å²) in [6.07, 6.45) is 1.69. The minimum atomic E-state index is -0.369. The molecule has 0 radical (unpaired) electrons. The molecule has 2 heterocycles. The number of carbonyl (C=O) groups is 1. The maximum atomic E-state index is 12.3. The smallest absolute Gasteiger partial charge is 0.319 e. The molecule has 2 aromatic heterocycles. The second-order valence-electron chi connectivity index (χ2n) is 6.47. The zero-order valence-corrected chi connectivity index (χ0v) is 19.0. The van der Waals surface area contributed by atoms with Crippen LogP contribution < -0.4 is 10.6 Å². The number of benzene rings is 2. The van der Waals surface area contributed by atoms with Gasteiger partial charge in [0.2, 0.25) is 0 Å². The first kappa shape index (κ1) is 21.9. The molecule has 0 bridgehead atoms. The number of halogens is 1. The standard InChI is InChI=1S/C22H17ClN6OS2/c1-2-31-20(24)18-19(21-25-9-10-32-21)28-16-8-7-14(11-17(16)29-18)27-22(30)26-12-13-5-3-4-6-15(13)23/h2-11,24H,1,12H2,(H2,26,27,30). The van der Waals surface area contributed by atoms with Crippen LogP contribution in [0.5, 0.6) is 0 Å². The third-order valence-electron chi connectivity index (χ3n) is 4.37. The molecule has 160 valence electrons. The second-order valence-corrected chi connectivity index (χ2v) is 8.75. The van der Waals surface area contributed by atoms with E-state index >= 15 is 0 Å². The number of hydrogen-bond acceptors (Lipinski definition) is 7. The molecule has 0 aliphatic heterocycles. The van der Waals surface area contributed by atoms with E-state index in [1.807, 2.05) is 23.6 Å². The van der Waals surface area contributed by atoms with E-state index < -0.39 is 0 Å². The van der Waals surface area contributed by atoms with Gasteiger partial charge in [0.25, 0.3) is 0 Å². The van der Waals surface area contributed by atoms with Crippen molar-refractivity contribution < 1.29 is 4.79 Å². The number of amides is 2. The molecule has 10 heteroatoms. The normalized spacial score (nSPS) is 10.7. The predicted molar refractivity (Wildman–Crippen MR) is 133 cm³/mol. The van der Waals surface area contributed by atoms with Crippen molar-refractivity contribution in [2.75, 3.05) is 5.32 Å². The van der Waals surface area contributed by atoms with Crippen molar-refractivity contribution in [2.24, 2.45) is 0 Å². The van der Waals surface area contributed by atoms with Crippen LogP contribution in [-0.2, 0) is 6.54 Å². The Bertz CT molecular complexity index is 1310. The molecule has 0 spiro atoms. The SMILES string of the molecule is C=CSC(=N)c1nc2cc(NC(=O)NCc3ccccc3Cl)ccc2nc1-c1nccs1. The van der Waals surface area contributed by atoms with Gasteiger partial charge in [-0.05, 0) is 35.2 Å². The highest BCUT2D eigenvalue weighted by Crippen LogP contribution is 2.28. The number of nitrogens with one attached hydrogen (secondary N) is 3. The van der Waals surface area contributed by atoms with Gasteiger partial charge in [-0.1, -0.05) is 48.1 Å². The number of thiazole rings is 1. The maximum absolute atomic E-state index is 12.3. The predicted octanol–water partition coefficient (Wildman–Crippen LogP) is 5.93. The van der Waals surface area contributed by atoms with Crippen molar-refractivity contribution in [3.8, 4) is 10.7 Å². The highest BCUT2D eigenvalue weighted by molar-refractivity contribution is 8.16. The van der Waals surface area contributed by atoms with Gasteiger partial charge in [-0.15, -0.1) is 11.3 Å². The molecule has 0 fully saturated rings. The van der Waals surface area contributed by atoms with Crippen LogP contribution in [0.15, 0.2) is 66.0 Å². The summed E-state index contributed by atoms with van der Waals surface area (Å²) in [6, 6.07) is 12.2. The summed E-state index contributed by atoms with van der Waals surface area (Å²) in [6.45, 7) is 3.97. The Hall–Kier alpha value is -3.27. The molecule has 0 saturated carbocycles. The molecule has 0 aliphatic rings. The van der Waals surface area contributed by atoms with E-state index in [0.29, 0.717) is 44.7 Å². The maximum Gasteiger partial charge on any atom is 0.319 e. The number of thioether (sulfide) groups is 1. The van der Waals surface area contributed by atoms with Crippen molar-refractivity contribution in [1.29, 1.82) is 5.41 Å². The lowest BCUT2D eigenvalue weighted by Crippen LogP contribution is -2.28. The molecule has 0 aliphatic carbocycles. The Labute approximate surface area is 197 Å². The van der Waals surface area contributed by atoms with Gasteiger partial charge in [-0.25, -0.2) is 19.7 Å². The van der Waals surface area contributed by atoms with E-state index in [9.17, 15) is 4.79 Å². The van der Waals surface area contributed by atoms with E-state index in [0.717, 1.165) is 17.3 Å². The number of anilines is 1. The highest BCUT2D eigenvalue weighted by atomic mass is 35.5. The molecule has 7 nitrogen and oxygen atoms in total. The summed E-state index contributed by atoms with van der Waals surface area (Å²) in [7, 11) is 0. The summed E-state index contributed by atoms with van der Waals surface area (Å²) in [4.78, 5) is 26.0. The molecule has 0 saturated heterocycles. The van der Waals surface area contributed by atoms with Gasteiger partial charge < -0.3 is 10.6 Å². The van der Waals surface area contributed by atoms with Gasteiger partial charge in [0.15, 0.2) is 0 Å². The summed E-state index contributed by atoms with van der Waals surface area (Å²) in [5.74, 6) is 0. The van der Waals surface area contributed by atoms with E-state index in [1.54, 1.807) is 35.9 Å². The number of urea groups is 1. The lowest BCUT2D eigenvalue weighted by atomic mass is 10.2. The monoisotopic (exact) mass is 480 g/mol. The van der Waals surface area contributed by atoms with Crippen LogP contribution in [0.1, 0.15) is 11.3 Å². The topological polar surface area (TPSA) is 104 Å². The lowest BCUT2D eigenvalue weighted by Gasteiger charge is -2.11. The average Bonchev–Trinajstić information content (AvgIpc) is 3.32. The summed E-state index contributed by atoms with van der Waals surface area (Å²) in [5.41, 5.74) is 3.53. The third-order valence-corrected chi connectivity index (χ3v) is 6.11. The van der Waals surface area contributed by atoms with Crippen molar-refractivity contribution in [3.05, 3.63) is 82.3 Å². The Kier molecular flexibility index (Phi) is 6.79. The zero-order chi connectivity index (χ0) is 22.5. The number of aromatic nitrogens is 3. The molecule has 0 unspecified atom stereocenters. The fraction of sp³-hybridized carbons (Fsp3) is 0.0455. The van der Waals surface area contributed by atoms with Crippen LogP contribution in [0, 0.1) is 5.41 Å². The number of nitrogens with zero attached hydrogens (tertiary/aromatic N) is 3. The van der Waals surface area contributed by atoms with Gasteiger partial charge in [0.05, 0.1) is 11.0 Å². The Morgan fingerprint density at radius 3 is 2.81 bits per heavy atom. The number of rotatable bonds is 6. The quantitative estimate of drug-likeness (QED) is 0.234. The molecular formula is C22H17ClN6OS2. The first-order valence-electron chi connectivity index (χ1n) is 9.41. The Morgan fingerprint density at radius 1 is 1.22 bits per heavy atom. The van der Waals surface area contributed by atoms with Gasteiger partial charge in [-0.2, -0.15) is 0 Å². The second kappa shape index (κ2) is 9.90. The van der Waals surface area contributed by atoms with Crippen LogP contribution in [0.25, 0.3) is 21.7 Å². The third kappa shape index (κ3) is 4.96. The molecule has 4 rings (SSSR count). The van der Waals surface area contributed by atoms with Crippen LogP contribution in [0.3, 0.4) is 0 Å². The van der Waals surface area contributed by atoms with Crippen LogP contribution in [-0.4, -0.2) is 26.0 Å². The highest BCUT2D eigenvalue weighted by Gasteiger charge is 2.17. The summed E-state index contributed by atoms with van der Waals surface area (Å²) in [5, 5.41) is 18.8. The van der Waals surface area contributed by atoms with Crippen LogP contribution >= 0.6 is 34.7 Å². The average molecular weight is 481 g/mol. The summed E-state index contributed by atoms with van der Waals surface area (Å²) >= 11 is 8.72. The zero-order valence-electron chi connectivity index (χ0n) is 16.6. The molecule has 2 amide bonds. The Morgan fingerprint density at radius 2 is 2.06 bits per heavy atom. The molecule has 32 heavy (non-hydrogen) atoms. The molecule has 4 aromatic rings. The minimum absolute atomic E-state index is 0.218. The molecule has 2 aromatic carbocycles. The van der Waals surface area contributed by atoms with Crippen LogP contribution in [0.2, 0.25) is 5.02 Å². The molecule has 3 N–H and O–H groups in total. The minimum Gasteiger partial charge on any atom is -0.334 e. The van der Waals surface area contributed by atoms with E-state index in [1.165, 1.54) is 11.3 Å². The molecular weight excluding hydrogens is 464 g/mol. The fourth-order valence-electron chi connectivity index (χ4n) is 2.91. The van der Waals surface area contributed by atoms with E-state index in [4.69, 9.17) is 17.0 Å². The fourth-order valence-corrected chi connectivity index (χ4v) is 4.16.